The summed E-state index contributed by atoms with van der Waals surface area (Å²) in [6.07, 6.45) is 6.23. The molecule has 4 atom stereocenters. The van der Waals surface area contributed by atoms with Crippen LogP contribution in [0.1, 0.15) is 96.1 Å². The summed E-state index contributed by atoms with van der Waals surface area (Å²) < 4.78 is 23.0. The van der Waals surface area contributed by atoms with Gasteiger partial charge in [0.05, 0.1) is 24.2 Å². The number of nitrogens with zero attached hydrogens (tertiary/aromatic N) is 1. The quantitative estimate of drug-likeness (QED) is 0.229. The molecule has 3 aliphatic heterocycles. The number of aliphatic hydroxyl groups is 2. The summed E-state index contributed by atoms with van der Waals surface area (Å²) in [6.45, 7) is 9.60. The van der Waals surface area contributed by atoms with E-state index in [1.54, 1.807) is 13.8 Å². The summed E-state index contributed by atoms with van der Waals surface area (Å²) in [5, 5.41) is 21.9. The number of rotatable bonds is 11. The zero-order chi connectivity index (χ0) is 29.4. The molecule has 2 unspecified atom stereocenters. The number of hydrogen-bond donors (Lipinski definition) is 2. The van der Waals surface area contributed by atoms with Crippen LogP contribution in [-0.4, -0.2) is 76.4 Å². The van der Waals surface area contributed by atoms with E-state index < -0.39 is 35.7 Å². The first-order valence-corrected chi connectivity index (χ1v) is 15.1. The van der Waals surface area contributed by atoms with E-state index in [1.807, 2.05) is 19.9 Å². The highest BCUT2D eigenvalue weighted by Gasteiger charge is 2.57. The maximum atomic E-state index is 13.9. The van der Waals surface area contributed by atoms with Crippen LogP contribution < -0.4 is 9.47 Å². The molecule has 0 saturated carbocycles. The molecule has 1 fully saturated rings. The summed E-state index contributed by atoms with van der Waals surface area (Å²) in [6, 6.07) is 4.10. The van der Waals surface area contributed by atoms with Gasteiger partial charge in [-0.25, -0.2) is 4.79 Å². The van der Waals surface area contributed by atoms with Gasteiger partial charge in [0, 0.05) is 12.5 Å². The van der Waals surface area contributed by atoms with Gasteiger partial charge in [-0.05, 0) is 101 Å². The van der Waals surface area contributed by atoms with Gasteiger partial charge in [-0.1, -0.05) is 19.4 Å². The number of benzene rings is 1. The molecule has 4 aliphatic rings. The first kappa shape index (κ1) is 29.9. The first-order chi connectivity index (χ1) is 19.5. The predicted molar refractivity (Wildman–Crippen MR) is 152 cm³/mol. The summed E-state index contributed by atoms with van der Waals surface area (Å²) >= 11 is 0. The lowest BCUT2D eigenvalue weighted by molar-refractivity contribution is -0.178. The van der Waals surface area contributed by atoms with Crippen molar-refractivity contribution >= 4 is 11.9 Å². The number of fused-ring (bicyclic) bond motifs is 3. The van der Waals surface area contributed by atoms with Gasteiger partial charge in [0.25, 0.3) is 0 Å². The minimum absolute atomic E-state index is 0.0224. The molecule has 226 valence electrons. The largest absolute Gasteiger partial charge is 0.466 e. The van der Waals surface area contributed by atoms with E-state index in [0.717, 1.165) is 61.2 Å². The van der Waals surface area contributed by atoms with E-state index in [-0.39, 0.29) is 31.3 Å². The van der Waals surface area contributed by atoms with Gasteiger partial charge >= 0.3 is 11.9 Å². The molecule has 0 aromatic heterocycles. The summed E-state index contributed by atoms with van der Waals surface area (Å²) in [5.74, 6) is -0.216. The molecule has 1 saturated heterocycles. The Balaban J connectivity index is 1.44. The fourth-order valence-electron chi connectivity index (χ4n) is 7.12. The number of esters is 2. The second-order valence-electron chi connectivity index (χ2n) is 12.9. The Hall–Kier alpha value is -2.62. The van der Waals surface area contributed by atoms with Gasteiger partial charge in [0.1, 0.15) is 6.10 Å². The minimum atomic E-state index is -2.07. The molecule has 9 nitrogen and oxygen atoms in total. The van der Waals surface area contributed by atoms with Crippen LogP contribution in [-0.2, 0) is 25.5 Å². The molecule has 0 bridgehead atoms. The minimum Gasteiger partial charge on any atom is -0.466 e. The average molecular weight is 572 g/mol. The smallest absolute Gasteiger partial charge is 0.339 e. The number of carbonyl (C=O) groups is 2. The highest BCUT2D eigenvalue weighted by Crippen LogP contribution is 2.55. The fraction of sp³-hybridized carbons (Fsp3) is 0.688. The maximum Gasteiger partial charge on any atom is 0.339 e. The first-order valence-electron chi connectivity index (χ1n) is 15.1. The third kappa shape index (κ3) is 5.99. The van der Waals surface area contributed by atoms with Gasteiger partial charge in [-0.15, -0.1) is 0 Å². The molecular weight excluding hydrogens is 526 g/mol. The van der Waals surface area contributed by atoms with Gasteiger partial charge in [0.15, 0.2) is 17.1 Å². The number of carbonyl (C=O) groups excluding carboxylic acids is 2. The zero-order valence-corrected chi connectivity index (χ0v) is 24.9. The van der Waals surface area contributed by atoms with E-state index in [0.29, 0.717) is 25.0 Å². The molecule has 0 amide bonds. The van der Waals surface area contributed by atoms with Crippen LogP contribution in [0.4, 0.5) is 0 Å². The summed E-state index contributed by atoms with van der Waals surface area (Å²) in [7, 11) is 0. The molecule has 3 heterocycles. The SMILES string of the molecule is CCCCOC(=O)CC(O)(CCCC(C)(C)O)C(=O)OC1C(C)=C[C@]23CCCN2CCc2cc4c(cc2[C@H]13)OCO4. The van der Waals surface area contributed by atoms with Gasteiger partial charge in [-0.2, -0.15) is 0 Å². The molecule has 41 heavy (non-hydrogen) atoms. The third-order valence-corrected chi connectivity index (χ3v) is 9.17. The number of ether oxygens (including phenoxy) is 4. The Morgan fingerprint density at radius 1 is 1.12 bits per heavy atom. The molecule has 1 aliphatic carbocycles. The molecular formula is C32H45NO8. The van der Waals surface area contributed by atoms with Crippen LogP contribution >= 0.6 is 0 Å². The van der Waals surface area contributed by atoms with Crippen LogP contribution in [0, 0.1) is 0 Å². The van der Waals surface area contributed by atoms with E-state index >= 15 is 0 Å². The van der Waals surface area contributed by atoms with Crippen molar-refractivity contribution in [1.82, 2.24) is 4.90 Å². The third-order valence-electron chi connectivity index (χ3n) is 9.17. The van der Waals surface area contributed by atoms with Crippen molar-refractivity contribution in [3.63, 3.8) is 0 Å². The van der Waals surface area contributed by atoms with Crippen LogP contribution in [0.15, 0.2) is 23.8 Å². The molecule has 2 N–H and O–H groups in total. The lowest BCUT2D eigenvalue weighted by Gasteiger charge is -2.40. The second-order valence-corrected chi connectivity index (χ2v) is 12.9. The van der Waals surface area contributed by atoms with Crippen molar-refractivity contribution in [1.29, 1.82) is 0 Å². The van der Waals surface area contributed by atoms with Crippen LogP contribution in [0.2, 0.25) is 0 Å². The standard InChI is InChI=1S/C32H45NO8/c1-5-6-15-38-26(34)19-32(37,12-7-10-30(3,4)36)29(35)41-28-21(2)18-31-11-8-13-33(31)14-9-22-16-24-25(40-20-39-24)17-23(22)27(28)31/h16-18,27-28,36-37H,5-15,19-20H2,1-4H3/t27-,28?,31+,32?/m1/s1. The van der Waals surface area contributed by atoms with Gasteiger partial charge in [-0.3, -0.25) is 9.69 Å². The molecule has 5 rings (SSSR count). The van der Waals surface area contributed by atoms with Crippen LogP contribution in [0.5, 0.6) is 11.5 Å². The lowest BCUT2D eigenvalue weighted by atomic mass is 9.77. The molecule has 1 aromatic rings. The van der Waals surface area contributed by atoms with Crippen molar-refractivity contribution in [3.8, 4) is 11.5 Å². The van der Waals surface area contributed by atoms with Crippen molar-refractivity contribution < 1.29 is 38.7 Å². The predicted octanol–water partition coefficient (Wildman–Crippen LogP) is 4.17. The van der Waals surface area contributed by atoms with Crippen molar-refractivity contribution in [2.24, 2.45) is 0 Å². The number of unbranched alkanes of at least 4 members (excludes halogenated alkanes) is 1. The molecule has 9 heteroatoms. The van der Waals surface area contributed by atoms with Gasteiger partial charge < -0.3 is 29.2 Å². The average Bonchev–Trinajstić information content (AvgIpc) is 3.57. The van der Waals surface area contributed by atoms with Crippen molar-refractivity contribution in [3.05, 3.63) is 34.9 Å². The Bertz CT molecular complexity index is 1190. The monoisotopic (exact) mass is 571 g/mol. The van der Waals surface area contributed by atoms with Crippen molar-refractivity contribution in [2.45, 2.75) is 114 Å². The Labute approximate surface area is 242 Å². The molecule has 0 radical (unpaired) electrons. The van der Waals surface area contributed by atoms with E-state index in [4.69, 9.17) is 18.9 Å². The normalized spacial score (nSPS) is 26.3. The molecule has 1 aromatic carbocycles. The lowest BCUT2D eigenvalue weighted by Crippen LogP contribution is -2.49. The van der Waals surface area contributed by atoms with Crippen LogP contribution in [0.3, 0.4) is 0 Å². The van der Waals surface area contributed by atoms with E-state index in [9.17, 15) is 19.8 Å². The van der Waals surface area contributed by atoms with Crippen LogP contribution in [0.25, 0.3) is 0 Å². The van der Waals surface area contributed by atoms with Gasteiger partial charge in [0.2, 0.25) is 6.79 Å². The Morgan fingerprint density at radius 2 is 1.88 bits per heavy atom. The summed E-state index contributed by atoms with van der Waals surface area (Å²) in [4.78, 5) is 29.1. The highest BCUT2D eigenvalue weighted by molar-refractivity contribution is 5.86. The topological polar surface area (TPSA) is 115 Å². The second kappa shape index (κ2) is 11.6. The maximum absolute atomic E-state index is 13.9. The molecule has 1 spiro atoms. The highest BCUT2D eigenvalue weighted by atomic mass is 16.7. The van der Waals surface area contributed by atoms with E-state index in [1.165, 1.54) is 0 Å². The van der Waals surface area contributed by atoms with Crippen molar-refractivity contribution in [2.75, 3.05) is 26.5 Å². The fourth-order valence-corrected chi connectivity index (χ4v) is 7.12. The Morgan fingerprint density at radius 3 is 2.61 bits per heavy atom. The number of hydrogen-bond acceptors (Lipinski definition) is 9. The Kier molecular flexibility index (Phi) is 8.43. The summed E-state index contributed by atoms with van der Waals surface area (Å²) in [5.41, 5.74) is -0.170. The van der Waals surface area contributed by atoms with E-state index in [2.05, 4.69) is 17.0 Å². The zero-order valence-electron chi connectivity index (χ0n) is 24.9.